The van der Waals surface area contributed by atoms with E-state index in [2.05, 4.69) is 0 Å². The molecule has 0 aromatic carbocycles. The van der Waals surface area contributed by atoms with Crippen molar-refractivity contribution >= 4 is 18.9 Å². The molecule has 0 rings (SSSR count). The van der Waals surface area contributed by atoms with E-state index in [1.54, 1.807) is 0 Å². The molecule has 0 unspecified atom stereocenters. The molecule has 5 heavy (non-hydrogen) atoms. The molecule has 0 amide bonds. The first-order valence-corrected chi connectivity index (χ1v) is 4.28. The third-order valence-electron chi connectivity index (χ3n) is 0. The van der Waals surface area contributed by atoms with Crippen molar-refractivity contribution in [3.05, 3.63) is 0 Å². The number of hydrogen-bond acceptors (Lipinski definition) is 1. The van der Waals surface area contributed by atoms with Gasteiger partial charge in [-0.15, -0.1) is 0 Å². The van der Waals surface area contributed by atoms with Crippen molar-refractivity contribution in [2.45, 2.75) is 0 Å². The monoisotopic (exact) mass is 126 g/mol. The zero-order valence-corrected chi connectivity index (χ0v) is 4.84. The van der Waals surface area contributed by atoms with E-state index in [1.807, 2.05) is 0 Å². The van der Waals surface area contributed by atoms with Gasteiger partial charge in [-0.25, -0.2) is 0 Å². The zero-order chi connectivity index (χ0) is 3.58. The van der Waals surface area contributed by atoms with Gasteiger partial charge in [0.1, 0.15) is 0 Å². The summed E-state index contributed by atoms with van der Waals surface area (Å²) in [5.41, 5.74) is 0. The van der Waals surface area contributed by atoms with Crippen LogP contribution in [0.2, 0.25) is 0 Å². The molecule has 0 saturated heterocycles. The van der Waals surface area contributed by atoms with E-state index in [1.165, 1.54) is 0 Å². The predicted octanol–water partition coefficient (Wildman–Crippen LogP) is 0.0706. The number of halogens is 2. The molecule has 0 fully saturated rings. The van der Waals surface area contributed by atoms with Gasteiger partial charge in [0.2, 0.25) is 0 Å². The molecule has 0 spiro atoms. The molecule has 0 heterocycles. The molecule has 24 valence electrons. The van der Waals surface area contributed by atoms with E-state index >= 15 is 0 Å². The van der Waals surface area contributed by atoms with Crippen LogP contribution in [0.15, 0.2) is 0 Å². The Hall–Kier alpha value is 0.881. The molecule has 0 aliphatic heterocycles. The molecule has 0 bridgehead atoms. The van der Waals surface area contributed by atoms with Crippen LogP contribution in [0.5, 0.6) is 0 Å². The van der Waals surface area contributed by atoms with E-state index in [0.29, 0.717) is 0 Å². The van der Waals surface area contributed by atoms with Crippen molar-refractivity contribution in [3.63, 3.8) is 0 Å². The first-order chi connectivity index (χ1) is 1.73. The van der Waals surface area contributed by atoms with Gasteiger partial charge in [-0.05, 0) is 0 Å². The van der Waals surface area contributed by atoms with Crippen molar-refractivity contribution in [2.75, 3.05) is 0 Å². The van der Waals surface area contributed by atoms with Crippen molar-refractivity contribution < 1.29 is 27.1 Å². The molecule has 0 aromatic heterocycles. The zero-order valence-electron chi connectivity index (χ0n) is 1.87. The molecule has 0 aromatic rings. The van der Waals surface area contributed by atoms with Crippen LogP contribution in [0.3, 0.4) is 0 Å². The Morgan fingerprint density at radius 2 is 1.40 bits per heavy atom. The van der Waals surface area contributed by atoms with Crippen LogP contribution >= 0.6 is 0 Å². The molecule has 5 heteroatoms. The van der Waals surface area contributed by atoms with Crippen molar-refractivity contribution in [1.29, 1.82) is 0 Å². The standard InChI is InChI=1S/2FH.Li.O.Zn.H/h2*1H;;;;/q;;;;+2;/p-2. The average molecular weight is 127 g/mol. The minimum atomic E-state index is -4.88. The van der Waals surface area contributed by atoms with Crippen LogP contribution in [0.25, 0.3) is 0 Å². The summed E-state index contributed by atoms with van der Waals surface area (Å²) in [6, 6.07) is 0. The Kier molecular flexibility index (Phi) is 9.08. The SMILES string of the molecule is [LiH].[O]=[Zn]([F])[F]. The second-order valence-corrected chi connectivity index (χ2v) is 1.66. The molecule has 0 aliphatic carbocycles. The van der Waals surface area contributed by atoms with E-state index in [9.17, 15) is 6.63 Å². The van der Waals surface area contributed by atoms with Gasteiger partial charge in [0, 0.05) is 0 Å². The topological polar surface area (TPSA) is 17.1 Å². The molecule has 0 saturated carbocycles. The van der Waals surface area contributed by atoms with Gasteiger partial charge in [0.15, 0.2) is 0 Å². The van der Waals surface area contributed by atoms with Gasteiger partial charge >= 0.3 is 46.0 Å². The molecular weight excluding hydrogens is 126 g/mol. The van der Waals surface area contributed by atoms with Gasteiger partial charge in [-0.3, -0.25) is 0 Å². The van der Waals surface area contributed by atoms with E-state index in [-0.39, 0.29) is 18.9 Å². The fourth-order valence-electron chi connectivity index (χ4n) is 0. The number of hydrogen-bond donors (Lipinski definition) is 0. The van der Waals surface area contributed by atoms with E-state index in [4.69, 9.17) is 3.57 Å². The van der Waals surface area contributed by atoms with Crippen LogP contribution in [0.1, 0.15) is 0 Å². The Bertz CT molecular complexity index is 32.6. The molecule has 0 aliphatic rings. The summed E-state index contributed by atoms with van der Waals surface area (Å²) in [5.74, 6) is 0. The molecule has 0 N–H and O–H groups in total. The third-order valence-corrected chi connectivity index (χ3v) is 0. The van der Waals surface area contributed by atoms with Crippen LogP contribution in [-0.2, 0) is 20.5 Å². The first kappa shape index (κ1) is 9.30. The Morgan fingerprint density at radius 1 is 1.40 bits per heavy atom. The van der Waals surface area contributed by atoms with Gasteiger partial charge < -0.3 is 0 Å². The van der Waals surface area contributed by atoms with Crippen LogP contribution in [0, 0.1) is 0 Å². The summed E-state index contributed by atoms with van der Waals surface area (Å²) in [6.45, 7) is 0. The summed E-state index contributed by atoms with van der Waals surface area (Å²) < 4.78 is 28.4. The fraction of sp³-hybridized carbons (Fsp3) is 0. The quantitative estimate of drug-likeness (QED) is 0.421. The van der Waals surface area contributed by atoms with Gasteiger partial charge in [-0.2, -0.15) is 0 Å². The molecule has 1 nitrogen and oxygen atoms in total. The van der Waals surface area contributed by atoms with Crippen molar-refractivity contribution in [2.24, 2.45) is 0 Å². The Labute approximate surface area is 46.2 Å². The van der Waals surface area contributed by atoms with Crippen molar-refractivity contribution in [1.82, 2.24) is 0 Å². The average Bonchev–Trinajstić information content (AvgIpc) is 0.811. The maximum atomic E-state index is 9.99. The maximum absolute atomic E-state index is 9.99. The summed E-state index contributed by atoms with van der Waals surface area (Å²) in [7, 11) is 0. The van der Waals surface area contributed by atoms with Crippen LogP contribution in [0.4, 0.5) is 6.63 Å². The fourth-order valence-corrected chi connectivity index (χ4v) is 0. The van der Waals surface area contributed by atoms with E-state index in [0.717, 1.165) is 0 Å². The van der Waals surface area contributed by atoms with Gasteiger partial charge in [0.25, 0.3) is 0 Å². The second kappa shape index (κ2) is 4.88. The Balaban J connectivity index is 0. The summed E-state index contributed by atoms with van der Waals surface area (Å²) in [6.07, 6.45) is 0. The Morgan fingerprint density at radius 3 is 1.40 bits per heavy atom. The third kappa shape index (κ3) is 52.2. The predicted molar refractivity (Wildman–Crippen MR) is 10.1 cm³/mol. The molecular formula is HF2LiOZn. The summed E-state index contributed by atoms with van der Waals surface area (Å²) >= 11 is -4.88. The normalized spacial score (nSPS) is 3.40. The second-order valence-electron chi connectivity index (χ2n) is 0.319. The minimum absolute atomic E-state index is 0. The van der Waals surface area contributed by atoms with Gasteiger partial charge in [-0.1, -0.05) is 0 Å². The first-order valence-electron chi connectivity index (χ1n) is 0.823. The van der Waals surface area contributed by atoms with E-state index < -0.39 is 16.9 Å². The van der Waals surface area contributed by atoms with Crippen LogP contribution in [-0.4, -0.2) is 18.9 Å². The number of rotatable bonds is 0. The van der Waals surface area contributed by atoms with Gasteiger partial charge in [0.05, 0.1) is 0 Å². The van der Waals surface area contributed by atoms with Crippen molar-refractivity contribution in [3.8, 4) is 0 Å². The molecule has 0 atom stereocenters. The summed E-state index contributed by atoms with van der Waals surface area (Å²) in [5, 5.41) is 0. The summed E-state index contributed by atoms with van der Waals surface area (Å²) in [4.78, 5) is 0. The molecule has 0 radical (unpaired) electrons. The van der Waals surface area contributed by atoms with Crippen LogP contribution < -0.4 is 0 Å².